The number of rotatable bonds is 6. The summed E-state index contributed by atoms with van der Waals surface area (Å²) in [6.07, 6.45) is 0. The molecule has 2 aromatic carbocycles. The van der Waals surface area contributed by atoms with Crippen molar-refractivity contribution >= 4 is 27.7 Å². The third kappa shape index (κ3) is 5.24. The number of carbonyl (C=O) groups excluding carboxylic acids is 3. The van der Waals surface area contributed by atoms with Crippen LogP contribution < -0.4 is 5.32 Å². The second kappa shape index (κ2) is 8.97. The molecule has 0 fully saturated rings. The van der Waals surface area contributed by atoms with Crippen LogP contribution in [-0.4, -0.2) is 53.5 Å². The van der Waals surface area contributed by atoms with E-state index in [-0.39, 0.29) is 22.9 Å². The largest absolute Gasteiger partial charge is 0.350 e. The Balaban J connectivity index is 1.89. The summed E-state index contributed by atoms with van der Waals surface area (Å²) >= 11 is 0. The SMILES string of the molecule is Cc1ccc(CN(C(=O)CN2C(=O)c3ccccc3S2(=O)=O)[C@H](C)C(=O)NC(C)(C)C)cc1. The lowest BCUT2D eigenvalue weighted by Gasteiger charge is -2.32. The van der Waals surface area contributed by atoms with E-state index >= 15 is 0 Å². The molecule has 0 saturated carbocycles. The molecule has 33 heavy (non-hydrogen) atoms. The molecule has 1 atom stereocenters. The van der Waals surface area contributed by atoms with E-state index in [2.05, 4.69) is 5.32 Å². The molecule has 0 radical (unpaired) electrons. The van der Waals surface area contributed by atoms with E-state index in [0.717, 1.165) is 11.1 Å². The molecule has 176 valence electrons. The zero-order valence-electron chi connectivity index (χ0n) is 19.5. The van der Waals surface area contributed by atoms with Gasteiger partial charge in [0.1, 0.15) is 17.5 Å². The molecule has 1 aliphatic rings. The average Bonchev–Trinajstić information content (AvgIpc) is 2.92. The van der Waals surface area contributed by atoms with Crippen molar-refractivity contribution in [2.24, 2.45) is 0 Å². The number of sulfonamides is 1. The van der Waals surface area contributed by atoms with Crippen molar-refractivity contribution < 1.29 is 22.8 Å². The summed E-state index contributed by atoms with van der Waals surface area (Å²) in [5.74, 6) is -1.76. The van der Waals surface area contributed by atoms with Crippen molar-refractivity contribution in [1.29, 1.82) is 0 Å². The number of benzene rings is 2. The van der Waals surface area contributed by atoms with Gasteiger partial charge >= 0.3 is 0 Å². The lowest BCUT2D eigenvalue weighted by atomic mass is 10.1. The number of aryl methyl sites for hydroxylation is 1. The van der Waals surface area contributed by atoms with Gasteiger partial charge in [-0.3, -0.25) is 14.4 Å². The van der Waals surface area contributed by atoms with Crippen LogP contribution in [0.15, 0.2) is 53.4 Å². The first-order chi connectivity index (χ1) is 15.3. The Morgan fingerprint density at radius 3 is 2.24 bits per heavy atom. The number of nitrogens with one attached hydrogen (secondary N) is 1. The number of hydrogen-bond donors (Lipinski definition) is 1. The number of carbonyl (C=O) groups is 3. The summed E-state index contributed by atoms with van der Waals surface area (Å²) in [5, 5.41) is 2.85. The molecule has 1 heterocycles. The van der Waals surface area contributed by atoms with Gasteiger partial charge in [0.2, 0.25) is 11.8 Å². The minimum absolute atomic E-state index is 0.0360. The highest BCUT2D eigenvalue weighted by molar-refractivity contribution is 7.90. The van der Waals surface area contributed by atoms with Gasteiger partial charge in [0.15, 0.2) is 0 Å². The van der Waals surface area contributed by atoms with Crippen LogP contribution >= 0.6 is 0 Å². The zero-order valence-corrected chi connectivity index (χ0v) is 20.3. The van der Waals surface area contributed by atoms with E-state index in [0.29, 0.717) is 4.31 Å². The number of amides is 3. The topological polar surface area (TPSA) is 104 Å². The summed E-state index contributed by atoms with van der Waals surface area (Å²) in [6, 6.07) is 12.4. The molecule has 2 aromatic rings. The third-order valence-corrected chi connectivity index (χ3v) is 7.12. The molecule has 0 aliphatic carbocycles. The van der Waals surface area contributed by atoms with Crippen molar-refractivity contribution in [3.05, 3.63) is 65.2 Å². The molecule has 1 aliphatic heterocycles. The smallest absolute Gasteiger partial charge is 0.269 e. The Labute approximate surface area is 194 Å². The first-order valence-electron chi connectivity index (χ1n) is 10.6. The maximum Gasteiger partial charge on any atom is 0.269 e. The molecule has 0 bridgehead atoms. The first kappa shape index (κ1) is 24.4. The van der Waals surface area contributed by atoms with Crippen molar-refractivity contribution in [2.75, 3.05) is 6.54 Å². The van der Waals surface area contributed by atoms with E-state index in [1.54, 1.807) is 13.0 Å². The second-order valence-electron chi connectivity index (χ2n) is 9.24. The summed E-state index contributed by atoms with van der Waals surface area (Å²) in [5.41, 5.74) is 1.35. The highest BCUT2D eigenvalue weighted by Gasteiger charge is 2.43. The van der Waals surface area contributed by atoms with E-state index in [1.807, 2.05) is 52.0 Å². The standard InChI is InChI=1S/C24H29N3O5S/c1-16-10-12-18(13-11-16)14-26(17(2)22(29)25-24(3,4)5)21(28)15-27-23(30)19-8-6-7-9-20(19)33(27,31)32/h6-13,17H,14-15H2,1-5H3,(H,25,29)/t17-/m1/s1. The van der Waals surface area contributed by atoms with Gasteiger partial charge < -0.3 is 10.2 Å². The Morgan fingerprint density at radius 1 is 1.06 bits per heavy atom. The highest BCUT2D eigenvalue weighted by atomic mass is 32.2. The van der Waals surface area contributed by atoms with Gasteiger partial charge in [-0.05, 0) is 52.3 Å². The second-order valence-corrected chi connectivity index (χ2v) is 11.1. The summed E-state index contributed by atoms with van der Waals surface area (Å²) < 4.78 is 26.4. The molecular formula is C24H29N3O5S. The fraction of sp³-hybridized carbons (Fsp3) is 0.375. The zero-order chi connectivity index (χ0) is 24.6. The molecule has 0 spiro atoms. The van der Waals surface area contributed by atoms with Gasteiger partial charge in [0.05, 0.1) is 5.56 Å². The first-order valence-corrected chi connectivity index (χ1v) is 12.1. The van der Waals surface area contributed by atoms with Gasteiger partial charge in [-0.2, -0.15) is 0 Å². The predicted molar refractivity (Wildman–Crippen MR) is 124 cm³/mol. The maximum absolute atomic E-state index is 13.4. The molecular weight excluding hydrogens is 442 g/mol. The van der Waals surface area contributed by atoms with Crippen LogP contribution in [0.1, 0.15) is 49.2 Å². The minimum Gasteiger partial charge on any atom is -0.350 e. The van der Waals surface area contributed by atoms with Crippen molar-refractivity contribution in [3.63, 3.8) is 0 Å². The van der Waals surface area contributed by atoms with Crippen LogP contribution in [0.4, 0.5) is 0 Å². The van der Waals surface area contributed by atoms with Crippen LogP contribution in [0.2, 0.25) is 0 Å². The van der Waals surface area contributed by atoms with E-state index < -0.39 is 40.0 Å². The summed E-state index contributed by atoms with van der Waals surface area (Å²) in [4.78, 5) is 40.1. The summed E-state index contributed by atoms with van der Waals surface area (Å²) in [6.45, 7) is 8.42. The lowest BCUT2D eigenvalue weighted by molar-refractivity contribution is -0.141. The molecule has 1 N–H and O–H groups in total. The Kier molecular flexibility index (Phi) is 6.65. The van der Waals surface area contributed by atoms with Crippen molar-refractivity contribution in [1.82, 2.24) is 14.5 Å². The molecule has 8 nitrogen and oxygen atoms in total. The molecule has 9 heteroatoms. The molecule has 0 aromatic heterocycles. The van der Waals surface area contributed by atoms with Crippen LogP contribution in [0, 0.1) is 6.92 Å². The van der Waals surface area contributed by atoms with Gasteiger partial charge in [0, 0.05) is 12.1 Å². The normalized spacial score (nSPS) is 15.7. The monoisotopic (exact) mass is 471 g/mol. The van der Waals surface area contributed by atoms with Crippen molar-refractivity contribution in [2.45, 2.75) is 57.6 Å². The Bertz CT molecular complexity index is 1180. The van der Waals surface area contributed by atoms with E-state index in [1.165, 1.54) is 23.1 Å². The number of nitrogens with zero attached hydrogens (tertiary/aromatic N) is 2. The number of hydrogen-bond acceptors (Lipinski definition) is 5. The van der Waals surface area contributed by atoms with Gasteiger partial charge in [0.25, 0.3) is 15.9 Å². The van der Waals surface area contributed by atoms with Gasteiger partial charge in [-0.15, -0.1) is 0 Å². The predicted octanol–water partition coefficient (Wildman–Crippen LogP) is 2.47. The van der Waals surface area contributed by atoms with Crippen LogP contribution in [0.5, 0.6) is 0 Å². The van der Waals surface area contributed by atoms with Crippen molar-refractivity contribution in [3.8, 4) is 0 Å². The fourth-order valence-corrected chi connectivity index (χ4v) is 5.07. The average molecular weight is 472 g/mol. The number of fused-ring (bicyclic) bond motifs is 1. The van der Waals surface area contributed by atoms with Gasteiger partial charge in [-0.25, -0.2) is 12.7 Å². The van der Waals surface area contributed by atoms with E-state index in [4.69, 9.17) is 0 Å². The highest BCUT2D eigenvalue weighted by Crippen LogP contribution is 2.30. The lowest BCUT2D eigenvalue weighted by Crippen LogP contribution is -2.54. The van der Waals surface area contributed by atoms with Crippen LogP contribution in [0.25, 0.3) is 0 Å². The Morgan fingerprint density at radius 2 is 1.67 bits per heavy atom. The quantitative estimate of drug-likeness (QED) is 0.697. The van der Waals surface area contributed by atoms with E-state index in [9.17, 15) is 22.8 Å². The van der Waals surface area contributed by atoms with Crippen LogP contribution in [0.3, 0.4) is 0 Å². The Hall–Kier alpha value is -3.20. The summed E-state index contributed by atoms with van der Waals surface area (Å²) in [7, 11) is -4.14. The molecule has 0 saturated heterocycles. The fourth-order valence-electron chi connectivity index (χ4n) is 3.55. The minimum atomic E-state index is -4.14. The molecule has 3 amide bonds. The molecule has 3 rings (SSSR count). The third-order valence-electron chi connectivity index (χ3n) is 5.33. The van der Waals surface area contributed by atoms with Crippen LogP contribution in [-0.2, 0) is 26.2 Å². The molecule has 0 unspecified atom stereocenters. The maximum atomic E-state index is 13.4. The van der Waals surface area contributed by atoms with Gasteiger partial charge in [-0.1, -0.05) is 42.0 Å².